The molecule has 0 spiro atoms. The van der Waals surface area contributed by atoms with E-state index in [4.69, 9.17) is 15.2 Å². The number of ether oxygens (including phenoxy) is 2. The van der Waals surface area contributed by atoms with Crippen molar-refractivity contribution in [3.8, 4) is 5.75 Å². The molecule has 2 aliphatic heterocycles. The normalized spacial score (nSPS) is 21.0. The Hall–Kier alpha value is -1.84. The monoisotopic (exact) mass is 382 g/mol. The van der Waals surface area contributed by atoms with Crippen molar-refractivity contribution in [3.63, 3.8) is 0 Å². The third kappa shape index (κ3) is 4.28. The van der Waals surface area contributed by atoms with Gasteiger partial charge in [-0.1, -0.05) is 0 Å². The van der Waals surface area contributed by atoms with Crippen LogP contribution in [0.3, 0.4) is 0 Å². The van der Waals surface area contributed by atoms with Gasteiger partial charge in [-0.25, -0.2) is 15.0 Å². The predicted octanol–water partition coefficient (Wildman–Crippen LogP) is 0.539. The lowest BCUT2D eigenvalue weighted by Crippen LogP contribution is -2.41. The predicted molar refractivity (Wildman–Crippen MR) is 103 cm³/mol. The minimum Gasteiger partial charge on any atom is -0.480 e. The number of carbonyl (C=O) groups excluding carboxylic acids is 2. The van der Waals surface area contributed by atoms with Crippen LogP contribution >= 0.6 is 10.0 Å². The molecule has 0 aromatic carbocycles. The molecule has 2 N–H and O–H groups in total. The Morgan fingerprint density at radius 1 is 1.31 bits per heavy atom. The highest BCUT2D eigenvalue weighted by atomic mass is 32.3. The van der Waals surface area contributed by atoms with E-state index in [1.165, 1.54) is 4.90 Å². The topological polar surface area (TPSA) is 98.0 Å². The van der Waals surface area contributed by atoms with Crippen molar-refractivity contribution in [2.45, 2.75) is 12.5 Å². The summed E-state index contributed by atoms with van der Waals surface area (Å²) in [5.41, 5.74) is 5.86. The molecule has 1 fully saturated rings. The van der Waals surface area contributed by atoms with Gasteiger partial charge in [0, 0.05) is 24.8 Å². The molecule has 1 saturated heterocycles. The van der Waals surface area contributed by atoms with E-state index in [0.717, 1.165) is 5.75 Å². The Morgan fingerprint density at radius 3 is 2.73 bits per heavy atom. The fourth-order valence-electron chi connectivity index (χ4n) is 2.77. The lowest BCUT2D eigenvalue weighted by molar-refractivity contribution is -0.122. The number of aromatic nitrogens is 1. The second kappa shape index (κ2) is 7.42. The summed E-state index contributed by atoms with van der Waals surface area (Å²) in [4.78, 5) is 31.9. The molecule has 0 radical (unpaired) electrons. The van der Waals surface area contributed by atoms with Crippen molar-refractivity contribution < 1.29 is 19.1 Å². The molecule has 2 amide bonds. The number of nitrogens with zero attached hydrogens (tertiary/aromatic N) is 3. The molecule has 3 heterocycles. The first-order chi connectivity index (χ1) is 12.2. The Labute approximate surface area is 154 Å². The summed E-state index contributed by atoms with van der Waals surface area (Å²) in [6.45, 7) is 1.08. The molecular formula is C17H26N4O4S. The van der Waals surface area contributed by atoms with Gasteiger partial charge in [-0.05, 0) is 30.9 Å². The lowest BCUT2D eigenvalue weighted by atomic mass is 10.3. The summed E-state index contributed by atoms with van der Waals surface area (Å²) in [5.74, 6) is 2.05. The molecule has 1 aromatic heterocycles. The van der Waals surface area contributed by atoms with Gasteiger partial charge in [-0.3, -0.25) is 19.4 Å². The maximum atomic E-state index is 12.3. The van der Waals surface area contributed by atoms with Crippen LogP contribution in [0.15, 0.2) is 12.1 Å². The molecule has 0 bridgehead atoms. The number of hydrogen-bond acceptors (Lipinski definition) is 6. The maximum absolute atomic E-state index is 12.3. The van der Waals surface area contributed by atoms with E-state index in [1.807, 2.05) is 0 Å². The highest BCUT2D eigenvalue weighted by Crippen LogP contribution is 2.35. The van der Waals surface area contributed by atoms with Crippen LogP contribution in [-0.2, 0) is 14.3 Å². The molecule has 1 atom stereocenters. The van der Waals surface area contributed by atoms with Gasteiger partial charge in [-0.15, -0.1) is 0 Å². The zero-order valence-electron chi connectivity index (χ0n) is 15.4. The quantitative estimate of drug-likeness (QED) is 0.721. The van der Waals surface area contributed by atoms with E-state index in [1.54, 1.807) is 17.0 Å². The van der Waals surface area contributed by atoms with Crippen LogP contribution in [0.1, 0.15) is 6.42 Å². The maximum Gasteiger partial charge on any atom is 0.268 e. The van der Waals surface area contributed by atoms with Gasteiger partial charge in [0.2, 0.25) is 5.91 Å². The van der Waals surface area contributed by atoms with Gasteiger partial charge in [0.05, 0.1) is 6.61 Å². The van der Waals surface area contributed by atoms with Crippen LogP contribution in [0, 0.1) is 0 Å². The number of nitrogens with two attached hydrogens (primary N) is 1. The minimum absolute atomic E-state index is 0.0462. The van der Waals surface area contributed by atoms with E-state index in [2.05, 4.69) is 23.8 Å². The summed E-state index contributed by atoms with van der Waals surface area (Å²) in [7, 11) is -0.655. The third-order valence-electron chi connectivity index (χ3n) is 4.22. The average molecular weight is 382 g/mol. The van der Waals surface area contributed by atoms with E-state index < -0.39 is 10.0 Å². The van der Waals surface area contributed by atoms with Crippen LogP contribution in [-0.4, -0.2) is 73.8 Å². The molecule has 0 saturated carbocycles. The van der Waals surface area contributed by atoms with E-state index in [-0.39, 0.29) is 31.2 Å². The number of amides is 2. The first-order valence-corrected chi connectivity index (χ1v) is 11.5. The fraction of sp³-hybridized carbons (Fsp3) is 0.588. The summed E-state index contributed by atoms with van der Waals surface area (Å²) in [6, 6.07) is 3.25. The lowest BCUT2D eigenvalue weighted by Gasteiger charge is -2.30. The van der Waals surface area contributed by atoms with E-state index in [0.29, 0.717) is 37.0 Å². The summed E-state index contributed by atoms with van der Waals surface area (Å²) >= 11 is 0. The molecule has 0 aliphatic carbocycles. The Morgan fingerprint density at radius 2 is 2.08 bits per heavy atom. The van der Waals surface area contributed by atoms with Crippen molar-refractivity contribution in [3.05, 3.63) is 12.1 Å². The average Bonchev–Trinajstić information content (AvgIpc) is 2.90. The number of fused-ring (bicyclic) bond motifs is 1. The number of rotatable bonds is 6. The van der Waals surface area contributed by atoms with Crippen molar-refractivity contribution in [2.75, 3.05) is 60.8 Å². The van der Waals surface area contributed by atoms with Crippen LogP contribution in [0.25, 0.3) is 0 Å². The van der Waals surface area contributed by atoms with Crippen LogP contribution in [0.5, 0.6) is 5.75 Å². The Bertz CT molecular complexity index is 706. The number of hydrogen-bond donors (Lipinski definition) is 1. The van der Waals surface area contributed by atoms with Gasteiger partial charge in [0.1, 0.15) is 12.5 Å². The summed E-state index contributed by atoms with van der Waals surface area (Å²) in [5, 5.41) is 0. The van der Waals surface area contributed by atoms with Crippen molar-refractivity contribution in [1.82, 2.24) is 4.98 Å². The van der Waals surface area contributed by atoms with Crippen LogP contribution in [0.4, 0.5) is 11.6 Å². The molecule has 144 valence electrons. The first-order valence-electron chi connectivity index (χ1n) is 8.48. The minimum atomic E-state index is -0.655. The second-order valence-electron chi connectivity index (χ2n) is 7.40. The Kier molecular flexibility index (Phi) is 5.40. The molecule has 0 unspecified atom stereocenters. The van der Waals surface area contributed by atoms with Gasteiger partial charge >= 0.3 is 0 Å². The van der Waals surface area contributed by atoms with E-state index >= 15 is 0 Å². The zero-order valence-corrected chi connectivity index (χ0v) is 16.3. The molecular weight excluding hydrogens is 356 g/mol. The zero-order chi connectivity index (χ0) is 18.9. The fourth-order valence-corrected chi connectivity index (χ4v) is 3.39. The van der Waals surface area contributed by atoms with Gasteiger partial charge in [-0.2, -0.15) is 0 Å². The van der Waals surface area contributed by atoms with Crippen LogP contribution in [0.2, 0.25) is 0 Å². The highest BCUT2D eigenvalue weighted by Gasteiger charge is 2.32. The smallest absolute Gasteiger partial charge is 0.268 e. The van der Waals surface area contributed by atoms with E-state index in [9.17, 15) is 9.59 Å². The third-order valence-corrected chi connectivity index (χ3v) is 5.62. The van der Waals surface area contributed by atoms with Gasteiger partial charge in [0.25, 0.3) is 5.91 Å². The number of carbonyl (C=O) groups is 2. The molecule has 2 aliphatic rings. The van der Waals surface area contributed by atoms with Crippen LogP contribution < -0.4 is 20.3 Å². The molecule has 26 heavy (non-hydrogen) atoms. The molecule has 8 nitrogen and oxygen atoms in total. The number of anilines is 2. The van der Waals surface area contributed by atoms with Crippen molar-refractivity contribution >= 4 is 33.5 Å². The highest BCUT2D eigenvalue weighted by molar-refractivity contribution is 8.32. The van der Waals surface area contributed by atoms with Crippen molar-refractivity contribution in [2.24, 2.45) is 5.73 Å². The Balaban J connectivity index is 1.75. The SMILES string of the molecule is CS(C)(C)CCOCN1C(=O)COc2ccc(N3C[C@H](N)CC3=O)nc21. The molecule has 3 rings (SSSR count). The first kappa shape index (κ1) is 18.9. The summed E-state index contributed by atoms with van der Waals surface area (Å²) in [6.07, 6.45) is 6.96. The second-order valence-corrected chi connectivity index (χ2v) is 12.0. The summed E-state index contributed by atoms with van der Waals surface area (Å²) < 4.78 is 11.2. The van der Waals surface area contributed by atoms with Gasteiger partial charge in [0.15, 0.2) is 18.2 Å². The number of pyridine rings is 1. The standard InChI is InChI=1S/C17H26N4O4S/c1-26(2,3)7-6-24-11-21-16(23)10-25-13-4-5-14(19-17(13)21)20-9-12(18)8-15(20)22/h4-5,12H,6-11,18H2,1-3H3/t12-/m1/s1. The molecule has 1 aromatic rings. The van der Waals surface area contributed by atoms with Gasteiger partial charge < -0.3 is 15.2 Å². The largest absolute Gasteiger partial charge is 0.480 e. The molecule has 9 heteroatoms. The van der Waals surface area contributed by atoms with Crippen molar-refractivity contribution in [1.29, 1.82) is 0 Å².